The first-order valence-electron chi connectivity index (χ1n) is 4.61. The van der Waals surface area contributed by atoms with E-state index < -0.39 is 0 Å². The largest absolute Gasteiger partial charge is 0.317 e. The highest BCUT2D eigenvalue weighted by molar-refractivity contribution is 8.01. The van der Waals surface area contributed by atoms with Crippen LogP contribution in [0.1, 0.15) is 19.3 Å². The van der Waals surface area contributed by atoms with Crippen LogP contribution in [0.3, 0.4) is 0 Å². The number of rotatable bonds is 0. The molecule has 3 aliphatic rings. The fourth-order valence-corrected chi connectivity index (χ4v) is 3.41. The molecule has 0 spiro atoms. The SMILES string of the molecule is O=C1C2=C(SNC=N2)C2CCCC12. The number of ketones is 1. The Morgan fingerprint density at radius 1 is 1.46 bits per heavy atom. The smallest absolute Gasteiger partial charge is 0.185 e. The first-order valence-corrected chi connectivity index (χ1v) is 5.43. The van der Waals surface area contributed by atoms with Gasteiger partial charge in [-0.3, -0.25) is 4.79 Å². The molecule has 0 radical (unpaired) electrons. The first-order chi connectivity index (χ1) is 6.38. The number of allylic oxidation sites excluding steroid dienone is 2. The van der Waals surface area contributed by atoms with Gasteiger partial charge in [-0.25, -0.2) is 4.99 Å². The Kier molecular flexibility index (Phi) is 1.53. The molecule has 1 heterocycles. The Morgan fingerprint density at radius 3 is 3.23 bits per heavy atom. The molecule has 1 N–H and O–H groups in total. The van der Waals surface area contributed by atoms with E-state index in [0.29, 0.717) is 5.92 Å². The van der Waals surface area contributed by atoms with E-state index in [1.54, 1.807) is 18.3 Å². The summed E-state index contributed by atoms with van der Waals surface area (Å²) in [6, 6.07) is 0. The molecule has 2 aliphatic carbocycles. The van der Waals surface area contributed by atoms with Gasteiger partial charge in [-0.05, 0) is 24.8 Å². The number of carbonyl (C=O) groups excluding carboxylic acids is 1. The van der Waals surface area contributed by atoms with Gasteiger partial charge in [0, 0.05) is 16.7 Å². The van der Waals surface area contributed by atoms with Gasteiger partial charge in [0.2, 0.25) is 0 Å². The zero-order valence-corrected chi connectivity index (χ0v) is 7.93. The predicted octanol–water partition coefficient (Wildman–Crippen LogP) is 1.48. The first kappa shape index (κ1) is 7.62. The van der Waals surface area contributed by atoms with Gasteiger partial charge in [-0.2, -0.15) is 0 Å². The highest BCUT2D eigenvalue weighted by Gasteiger charge is 2.45. The van der Waals surface area contributed by atoms with Crippen LogP contribution in [0.15, 0.2) is 15.6 Å². The summed E-state index contributed by atoms with van der Waals surface area (Å²) < 4.78 is 3.00. The van der Waals surface area contributed by atoms with Crippen molar-refractivity contribution in [2.24, 2.45) is 16.8 Å². The number of hydrogen-bond acceptors (Lipinski definition) is 4. The highest BCUT2D eigenvalue weighted by Crippen LogP contribution is 2.49. The minimum Gasteiger partial charge on any atom is -0.317 e. The van der Waals surface area contributed by atoms with Crippen LogP contribution in [0.5, 0.6) is 0 Å². The van der Waals surface area contributed by atoms with Crippen LogP contribution in [0.2, 0.25) is 0 Å². The number of nitrogens with zero attached hydrogens (tertiary/aromatic N) is 1. The van der Waals surface area contributed by atoms with E-state index in [1.807, 2.05) is 0 Å². The third kappa shape index (κ3) is 0.921. The van der Waals surface area contributed by atoms with Crippen molar-refractivity contribution in [2.75, 3.05) is 0 Å². The molecule has 2 atom stereocenters. The Bertz CT molecular complexity index is 335. The monoisotopic (exact) mass is 194 g/mol. The van der Waals surface area contributed by atoms with E-state index in [9.17, 15) is 4.79 Å². The summed E-state index contributed by atoms with van der Waals surface area (Å²) in [5.41, 5.74) is 0.735. The van der Waals surface area contributed by atoms with E-state index in [4.69, 9.17) is 0 Å². The van der Waals surface area contributed by atoms with Gasteiger partial charge >= 0.3 is 0 Å². The van der Waals surface area contributed by atoms with Crippen molar-refractivity contribution in [2.45, 2.75) is 19.3 Å². The minimum absolute atomic E-state index is 0.259. The van der Waals surface area contributed by atoms with Gasteiger partial charge in [0.1, 0.15) is 5.70 Å². The zero-order valence-electron chi connectivity index (χ0n) is 7.12. The summed E-state index contributed by atoms with van der Waals surface area (Å²) in [6.07, 6.45) is 5.04. The molecule has 1 saturated carbocycles. The molecular formula is C9H10N2OS. The van der Waals surface area contributed by atoms with E-state index in [0.717, 1.165) is 12.1 Å². The minimum atomic E-state index is 0.259. The number of fused-ring (bicyclic) bond motifs is 2. The lowest BCUT2D eigenvalue weighted by Crippen LogP contribution is -2.10. The van der Waals surface area contributed by atoms with E-state index >= 15 is 0 Å². The zero-order chi connectivity index (χ0) is 8.84. The van der Waals surface area contributed by atoms with Crippen molar-refractivity contribution in [1.82, 2.24) is 4.72 Å². The van der Waals surface area contributed by atoms with Crippen molar-refractivity contribution >= 4 is 24.1 Å². The van der Waals surface area contributed by atoms with E-state index in [2.05, 4.69) is 9.71 Å². The number of aliphatic imine (C=N–C) groups is 1. The second-order valence-corrected chi connectivity index (χ2v) is 4.58. The summed E-state index contributed by atoms with van der Waals surface area (Å²) in [5.74, 6) is 1.02. The molecule has 1 aliphatic heterocycles. The standard InChI is InChI=1S/C9H10N2OS/c12-8-5-2-1-3-6(5)9-7(8)10-4-11-13-9/h4-6H,1-3H2,(H,10,11). The lowest BCUT2D eigenvalue weighted by Gasteiger charge is -2.12. The molecule has 0 aromatic heterocycles. The maximum absolute atomic E-state index is 11.8. The lowest BCUT2D eigenvalue weighted by atomic mass is 9.99. The molecule has 0 saturated heterocycles. The van der Waals surface area contributed by atoms with Gasteiger partial charge in [-0.15, -0.1) is 0 Å². The molecule has 3 rings (SSSR count). The van der Waals surface area contributed by atoms with Crippen LogP contribution in [0.25, 0.3) is 0 Å². The maximum Gasteiger partial charge on any atom is 0.185 e. The van der Waals surface area contributed by atoms with Crippen LogP contribution < -0.4 is 4.72 Å². The van der Waals surface area contributed by atoms with Gasteiger partial charge in [0.05, 0.1) is 6.34 Å². The summed E-state index contributed by atoms with van der Waals surface area (Å²) in [4.78, 5) is 17.1. The molecule has 1 fully saturated rings. The van der Waals surface area contributed by atoms with Crippen LogP contribution >= 0.6 is 11.9 Å². The lowest BCUT2D eigenvalue weighted by molar-refractivity contribution is -0.118. The van der Waals surface area contributed by atoms with Crippen molar-refractivity contribution in [3.05, 3.63) is 10.6 Å². The van der Waals surface area contributed by atoms with E-state index in [1.165, 1.54) is 17.7 Å². The molecule has 0 bridgehead atoms. The molecule has 68 valence electrons. The Morgan fingerprint density at radius 2 is 2.31 bits per heavy atom. The molecule has 2 unspecified atom stereocenters. The van der Waals surface area contributed by atoms with Crippen molar-refractivity contribution in [3.63, 3.8) is 0 Å². The van der Waals surface area contributed by atoms with E-state index in [-0.39, 0.29) is 11.7 Å². The van der Waals surface area contributed by atoms with Gasteiger partial charge in [0.15, 0.2) is 5.78 Å². The Balaban J connectivity index is 2.06. The number of carbonyl (C=O) groups is 1. The molecule has 4 heteroatoms. The Labute approximate surface area is 80.8 Å². The summed E-state index contributed by atoms with van der Waals surface area (Å²) in [7, 11) is 0. The summed E-state index contributed by atoms with van der Waals surface area (Å²) in [5, 5.41) is 0. The molecule has 0 aromatic rings. The van der Waals surface area contributed by atoms with Crippen LogP contribution in [0.4, 0.5) is 0 Å². The molecule has 13 heavy (non-hydrogen) atoms. The maximum atomic E-state index is 11.8. The van der Waals surface area contributed by atoms with Crippen LogP contribution in [-0.2, 0) is 4.79 Å². The van der Waals surface area contributed by atoms with Crippen molar-refractivity contribution < 1.29 is 4.79 Å². The third-order valence-electron chi connectivity index (χ3n) is 3.07. The predicted molar refractivity (Wildman–Crippen MR) is 52.1 cm³/mol. The highest BCUT2D eigenvalue weighted by atomic mass is 32.2. The van der Waals surface area contributed by atoms with Gasteiger partial charge in [-0.1, -0.05) is 6.42 Å². The van der Waals surface area contributed by atoms with Crippen LogP contribution in [-0.4, -0.2) is 12.1 Å². The number of nitrogens with one attached hydrogen (secondary N) is 1. The fourth-order valence-electron chi connectivity index (χ4n) is 2.49. The summed E-state index contributed by atoms with van der Waals surface area (Å²) >= 11 is 1.57. The molecule has 3 nitrogen and oxygen atoms in total. The normalized spacial score (nSPS) is 36.2. The Hall–Kier alpha value is -0.770. The van der Waals surface area contributed by atoms with Gasteiger partial charge < -0.3 is 4.72 Å². The molecule has 0 aromatic carbocycles. The quantitative estimate of drug-likeness (QED) is 0.594. The molecule has 0 amide bonds. The average Bonchev–Trinajstić information content (AvgIpc) is 2.72. The molecular weight excluding hydrogens is 184 g/mol. The topological polar surface area (TPSA) is 41.5 Å². The average molecular weight is 194 g/mol. The second-order valence-electron chi connectivity index (χ2n) is 3.70. The number of Topliss-reactive ketones (excluding diaryl/α,β-unsaturated/α-hetero) is 1. The van der Waals surface area contributed by atoms with Crippen LogP contribution in [0, 0.1) is 11.8 Å². The van der Waals surface area contributed by atoms with Crippen molar-refractivity contribution in [3.8, 4) is 0 Å². The third-order valence-corrected chi connectivity index (χ3v) is 4.01. The number of hydrogen-bond donors (Lipinski definition) is 1. The van der Waals surface area contributed by atoms with Gasteiger partial charge in [0.25, 0.3) is 0 Å². The second kappa shape index (κ2) is 2.61. The summed E-state index contributed by atoms with van der Waals surface area (Å²) in [6.45, 7) is 0. The fraction of sp³-hybridized carbons (Fsp3) is 0.556. The van der Waals surface area contributed by atoms with Crippen molar-refractivity contribution in [1.29, 1.82) is 0 Å².